The van der Waals surface area contributed by atoms with Gasteiger partial charge in [0.05, 0.1) is 25.6 Å². The molecule has 15 heavy (non-hydrogen) atoms. The van der Waals surface area contributed by atoms with Crippen molar-refractivity contribution in [1.29, 1.82) is 0 Å². The van der Waals surface area contributed by atoms with Crippen LogP contribution in [0.3, 0.4) is 0 Å². The van der Waals surface area contributed by atoms with E-state index in [1.807, 2.05) is 17.1 Å². The van der Waals surface area contributed by atoms with E-state index in [-0.39, 0.29) is 37.2 Å². The molecule has 0 bridgehead atoms. The zero-order valence-corrected chi connectivity index (χ0v) is 10.6. The van der Waals surface area contributed by atoms with Crippen molar-refractivity contribution in [3.63, 3.8) is 0 Å². The third kappa shape index (κ3) is 5.58. The van der Waals surface area contributed by atoms with Gasteiger partial charge in [0.1, 0.15) is 0 Å². The summed E-state index contributed by atoms with van der Waals surface area (Å²) in [6.07, 6.45) is 5.86. The van der Waals surface area contributed by atoms with Crippen LogP contribution in [0.15, 0.2) is 18.7 Å². The number of ether oxygens (including phenoxy) is 1. The summed E-state index contributed by atoms with van der Waals surface area (Å²) in [4.78, 5) is 3.97. The van der Waals surface area contributed by atoms with Gasteiger partial charge in [0.2, 0.25) is 0 Å². The highest BCUT2D eigenvalue weighted by atomic mass is 35.5. The van der Waals surface area contributed by atoms with Gasteiger partial charge in [0.15, 0.2) is 0 Å². The maximum absolute atomic E-state index is 5.54. The Morgan fingerprint density at radius 1 is 1.40 bits per heavy atom. The Hall–Kier alpha value is -0.000000000000000111. The lowest BCUT2D eigenvalue weighted by molar-refractivity contribution is 0.0182. The molecule has 1 aromatic heterocycles. The molecule has 0 aliphatic carbocycles. The van der Waals surface area contributed by atoms with Crippen LogP contribution >= 0.6 is 37.2 Å². The van der Waals surface area contributed by atoms with E-state index in [1.54, 1.807) is 6.20 Å². The Morgan fingerprint density at radius 2 is 2.20 bits per heavy atom. The van der Waals surface area contributed by atoms with Crippen LogP contribution in [-0.2, 0) is 11.3 Å². The van der Waals surface area contributed by atoms with E-state index in [0.717, 1.165) is 26.2 Å². The predicted molar refractivity (Wildman–Crippen MR) is 66.6 cm³/mol. The summed E-state index contributed by atoms with van der Waals surface area (Å²) in [5.74, 6) is 0. The molecule has 1 aliphatic rings. The van der Waals surface area contributed by atoms with Crippen LogP contribution in [0.2, 0.25) is 0 Å². The Bertz CT molecular complexity index is 227. The van der Waals surface area contributed by atoms with E-state index in [1.165, 1.54) is 0 Å². The number of halogens is 3. The van der Waals surface area contributed by atoms with Gasteiger partial charge in [-0.15, -0.1) is 37.2 Å². The molecule has 2 heterocycles. The van der Waals surface area contributed by atoms with Crippen LogP contribution in [0.5, 0.6) is 0 Å². The maximum Gasteiger partial charge on any atom is 0.0946 e. The predicted octanol–water partition coefficient (Wildman–Crippen LogP) is 1.14. The summed E-state index contributed by atoms with van der Waals surface area (Å²) >= 11 is 0. The Balaban J connectivity index is 0. The molecule has 4 nitrogen and oxygen atoms in total. The number of aromatic nitrogens is 2. The van der Waals surface area contributed by atoms with Crippen LogP contribution in [0.1, 0.15) is 0 Å². The van der Waals surface area contributed by atoms with Crippen LogP contribution in [0.25, 0.3) is 0 Å². The minimum absolute atomic E-state index is 0. The molecule has 0 saturated carbocycles. The molecule has 1 aromatic rings. The second kappa shape index (κ2) is 9.24. The van der Waals surface area contributed by atoms with Gasteiger partial charge in [0.25, 0.3) is 0 Å². The van der Waals surface area contributed by atoms with Crippen LogP contribution in [0, 0.1) is 0 Å². The average Bonchev–Trinajstić information content (AvgIpc) is 2.59. The molecule has 1 N–H and O–H groups in total. The molecule has 1 aliphatic heterocycles. The zero-order valence-electron chi connectivity index (χ0n) is 8.17. The number of hydrogen-bond donors (Lipinski definition) is 1. The Kier molecular flexibility index (Phi) is 10.7. The molecule has 1 atom stereocenters. The van der Waals surface area contributed by atoms with E-state index >= 15 is 0 Å². The summed E-state index contributed by atoms with van der Waals surface area (Å²) in [7, 11) is 0. The fourth-order valence-electron chi connectivity index (χ4n) is 1.37. The molecule has 0 radical (unpaired) electrons. The standard InChI is InChI=1S/C8H13N3O.3ClH/c1-3-11(7-10-1)6-8-5-9-2-4-12-8;;;/h1,3,7-9H,2,4-6H2;3*1H. The molecule has 2 rings (SSSR count). The lowest BCUT2D eigenvalue weighted by Gasteiger charge is -2.23. The first-order chi connectivity index (χ1) is 5.95. The molecular formula is C8H16Cl3N3O. The summed E-state index contributed by atoms with van der Waals surface area (Å²) < 4.78 is 7.58. The average molecular weight is 277 g/mol. The van der Waals surface area contributed by atoms with Crippen molar-refractivity contribution >= 4 is 37.2 Å². The summed E-state index contributed by atoms with van der Waals surface area (Å²) in [6, 6.07) is 0. The van der Waals surface area contributed by atoms with E-state index < -0.39 is 0 Å². The SMILES string of the molecule is Cl.Cl.Cl.c1cn(CC2CNCCO2)cn1. The smallest absolute Gasteiger partial charge is 0.0946 e. The topological polar surface area (TPSA) is 39.1 Å². The Labute approximate surface area is 108 Å². The highest BCUT2D eigenvalue weighted by molar-refractivity contribution is 5.86. The fraction of sp³-hybridized carbons (Fsp3) is 0.625. The van der Waals surface area contributed by atoms with Crippen molar-refractivity contribution < 1.29 is 4.74 Å². The minimum Gasteiger partial charge on any atom is -0.374 e. The lowest BCUT2D eigenvalue weighted by atomic mass is 10.3. The molecule has 1 fully saturated rings. The third-order valence-electron chi connectivity index (χ3n) is 1.98. The van der Waals surface area contributed by atoms with Crippen molar-refractivity contribution in [2.45, 2.75) is 12.6 Å². The molecule has 1 unspecified atom stereocenters. The first-order valence-electron chi connectivity index (χ1n) is 4.23. The van der Waals surface area contributed by atoms with Gasteiger partial charge >= 0.3 is 0 Å². The van der Waals surface area contributed by atoms with Crippen LogP contribution < -0.4 is 5.32 Å². The third-order valence-corrected chi connectivity index (χ3v) is 1.98. The van der Waals surface area contributed by atoms with Gasteiger partial charge in [-0.05, 0) is 0 Å². The van der Waals surface area contributed by atoms with Crippen LogP contribution in [0.4, 0.5) is 0 Å². The molecule has 1 saturated heterocycles. The highest BCUT2D eigenvalue weighted by Gasteiger charge is 2.12. The highest BCUT2D eigenvalue weighted by Crippen LogP contribution is 1.99. The van der Waals surface area contributed by atoms with Gasteiger partial charge in [-0.2, -0.15) is 0 Å². The molecule has 90 valence electrons. The van der Waals surface area contributed by atoms with Crippen molar-refractivity contribution in [3.8, 4) is 0 Å². The van der Waals surface area contributed by atoms with Gasteiger partial charge in [-0.1, -0.05) is 0 Å². The zero-order chi connectivity index (χ0) is 8.23. The number of nitrogens with zero attached hydrogens (tertiary/aromatic N) is 2. The van der Waals surface area contributed by atoms with Crippen molar-refractivity contribution in [1.82, 2.24) is 14.9 Å². The van der Waals surface area contributed by atoms with E-state index in [4.69, 9.17) is 4.74 Å². The lowest BCUT2D eigenvalue weighted by Crippen LogP contribution is -2.40. The van der Waals surface area contributed by atoms with Crippen LogP contribution in [-0.4, -0.2) is 35.4 Å². The maximum atomic E-state index is 5.54. The number of imidazole rings is 1. The van der Waals surface area contributed by atoms with Gasteiger partial charge in [0, 0.05) is 25.5 Å². The Morgan fingerprint density at radius 3 is 2.73 bits per heavy atom. The molecule has 0 aromatic carbocycles. The van der Waals surface area contributed by atoms with Crippen molar-refractivity contribution in [3.05, 3.63) is 18.7 Å². The van der Waals surface area contributed by atoms with Gasteiger partial charge in [-0.3, -0.25) is 0 Å². The second-order valence-corrected chi connectivity index (χ2v) is 2.96. The molecular weight excluding hydrogens is 260 g/mol. The largest absolute Gasteiger partial charge is 0.374 e. The first-order valence-corrected chi connectivity index (χ1v) is 4.23. The second-order valence-electron chi connectivity index (χ2n) is 2.96. The van der Waals surface area contributed by atoms with Gasteiger partial charge in [-0.25, -0.2) is 4.98 Å². The first kappa shape index (κ1) is 17.4. The molecule has 0 spiro atoms. The van der Waals surface area contributed by atoms with E-state index in [2.05, 4.69) is 10.3 Å². The van der Waals surface area contributed by atoms with Crippen molar-refractivity contribution in [2.24, 2.45) is 0 Å². The van der Waals surface area contributed by atoms with E-state index in [9.17, 15) is 0 Å². The number of hydrogen-bond acceptors (Lipinski definition) is 3. The number of rotatable bonds is 2. The van der Waals surface area contributed by atoms with Crippen molar-refractivity contribution in [2.75, 3.05) is 19.7 Å². The molecule has 7 heteroatoms. The summed E-state index contributed by atoms with van der Waals surface area (Å²) in [6.45, 7) is 3.63. The van der Waals surface area contributed by atoms with Gasteiger partial charge < -0.3 is 14.6 Å². The van der Waals surface area contributed by atoms with E-state index in [0.29, 0.717) is 6.10 Å². The monoisotopic (exact) mass is 275 g/mol. The fourth-order valence-corrected chi connectivity index (χ4v) is 1.37. The number of nitrogens with one attached hydrogen (secondary N) is 1. The molecule has 0 amide bonds. The summed E-state index contributed by atoms with van der Waals surface area (Å²) in [5, 5.41) is 3.29. The quantitative estimate of drug-likeness (QED) is 0.880. The minimum atomic E-state index is 0. The number of morpholine rings is 1. The summed E-state index contributed by atoms with van der Waals surface area (Å²) in [5.41, 5.74) is 0. The normalized spacial score (nSPS) is 19.3.